The number of nitrogens with one attached hydrogen (secondary N) is 1. The number of aliphatic hydroxyl groups excluding tert-OH is 2. The molecule has 0 saturated carbocycles. The Hall–Kier alpha value is -3.41. The van der Waals surface area contributed by atoms with Gasteiger partial charge < -0.3 is 19.7 Å². The molecule has 0 aliphatic carbocycles. The third-order valence-electron chi connectivity index (χ3n) is 8.77. The minimum atomic E-state index is -3.61. The molecule has 0 bridgehead atoms. The number of β-amino-alcohol motifs (C(OH)–C–C–N with tert-alkyl or cyclic N) is 1. The number of aliphatic hydroxyl groups is 2. The van der Waals surface area contributed by atoms with Gasteiger partial charge in [-0.25, -0.2) is 13.1 Å². The lowest BCUT2D eigenvalue weighted by Crippen LogP contribution is -2.44. The maximum atomic E-state index is 12.7. The van der Waals surface area contributed by atoms with Crippen LogP contribution in [-0.4, -0.2) is 55.4 Å². The molecule has 2 heterocycles. The topological polar surface area (TPSA) is 108 Å². The lowest BCUT2D eigenvalue weighted by molar-refractivity contribution is -0.276. The zero-order valence-electron chi connectivity index (χ0n) is 25.3. The highest BCUT2D eigenvalue weighted by atomic mass is 32.2. The van der Waals surface area contributed by atoms with Gasteiger partial charge in [-0.2, -0.15) is 0 Å². The van der Waals surface area contributed by atoms with Gasteiger partial charge in [0.25, 0.3) is 0 Å². The van der Waals surface area contributed by atoms with Crippen LogP contribution in [0.1, 0.15) is 48.0 Å². The van der Waals surface area contributed by atoms with Gasteiger partial charge in [-0.3, -0.25) is 4.90 Å². The molecule has 8 nitrogen and oxygen atoms in total. The SMILES string of the molecule is C[C@@H]1[C@H](CN2CC[C@H](O)C2)O[C@H](c2ccc(-c3cccc(CNS(=O)(=O)c4ccccc4)c3)cc2)O[C@@H]1c1ccc(CO)cc1. The molecule has 9 heteroatoms. The van der Waals surface area contributed by atoms with Crippen LogP contribution in [-0.2, 0) is 32.6 Å². The predicted octanol–water partition coefficient (Wildman–Crippen LogP) is 5.18. The molecule has 3 N–H and O–H groups in total. The average molecular weight is 629 g/mol. The summed E-state index contributed by atoms with van der Waals surface area (Å²) in [6.07, 6.45) is -0.409. The van der Waals surface area contributed by atoms with E-state index in [1.165, 1.54) is 0 Å². The molecule has 0 unspecified atom stereocenters. The standard InChI is InChI=1S/C36H40N2O6S/c1-25-34(23-38-19-18-32(40)22-38)43-36(44-35(25)29-12-10-26(24-39)11-13-29)30-16-14-28(15-17-30)31-7-5-6-27(20-31)21-37-45(41,42)33-8-3-2-4-9-33/h2-17,20,25,32,34-37,39-40H,18-19,21-24H2,1H3/t25-,32+,34+,35+,36+/m1/s1. The molecule has 236 valence electrons. The summed E-state index contributed by atoms with van der Waals surface area (Å²) in [5, 5.41) is 19.6. The van der Waals surface area contributed by atoms with Gasteiger partial charge in [0, 0.05) is 37.7 Å². The highest BCUT2D eigenvalue weighted by Crippen LogP contribution is 2.42. The van der Waals surface area contributed by atoms with Crippen molar-refractivity contribution in [2.24, 2.45) is 5.92 Å². The van der Waals surface area contributed by atoms with E-state index in [1.54, 1.807) is 30.3 Å². The smallest absolute Gasteiger partial charge is 0.240 e. The van der Waals surface area contributed by atoms with Crippen molar-refractivity contribution in [1.29, 1.82) is 0 Å². The fourth-order valence-corrected chi connectivity index (χ4v) is 7.15. The number of hydrogen-bond acceptors (Lipinski definition) is 7. The van der Waals surface area contributed by atoms with Gasteiger partial charge in [-0.15, -0.1) is 0 Å². The van der Waals surface area contributed by atoms with E-state index in [2.05, 4.69) is 16.5 Å². The van der Waals surface area contributed by atoms with Crippen molar-refractivity contribution in [3.8, 4) is 11.1 Å². The fourth-order valence-electron chi connectivity index (χ4n) is 6.12. The highest BCUT2D eigenvalue weighted by molar-refractivity contribution is 7.89. The van der Waals surface area contributed by atoms with Crippen molar-refractivity contribution in [3.63, 3.8) is 0 Å². The van der Waals surface area contributed by atoms with Crippen LogP contribution in [0.25, 0.3) is 11.1 Å². The van der Waals surface area contributed by atoms with Gasteiger partial charge in [0.2, 0.25) is 10.0 Å². The van der Waals surface area contributed by atoms with Gasteiger partial charge in [0.1, 0.15) is 0 Å². The summed E-state index contributed by atoms with van der Waals surface area (Å²) in [5.41, 5.74) is 5.62. The molecule has 0 aromatic heterocycles. The van der Waals surface area contributed by atoms with Crippen LogP contribution in [0.2, 0.25) is 0 Å². The van der Waals surface area contributed by atoms with Gasteiger partial charge in [-0.1, -0.05) is 91.9 Å². The van der Waals surface area contributed by atoms with E-state index in [-0.39, 0.29) is 42.3 Å². The number of rotatable bonds is 10. The van der Waals surface area contributed by atoms with Crippen molar-refractivity contribution in [2.45, 2.75) is 56.0 Å². The molecule has 4 aromatic rings. The second kappa shape index (κ2) is 13.9. The van der Waals surface area contributed by atoms with Crippen molar-refractivity contribution in [1.82, 2.24) is 9.62 Å². The third-order valence-corrected chi connectivity index (χ3v) is 10.2. The van der Waals surface area contributed by atoms with Crippen LogP contribution >= 0.6 is 0 Å². The molecular weight excluding hydrogens is 588 g/mol. The first kappa shape index (κ1) is 31.6. The molecule has 2 fully saturated rings. The Morgan fingerprint density at radius 3 is 2.27 bits per heavy atom. The molecule has 0 spiro atoms. The Balaban J connectivity index is 1.18. The number of hydrogen-bond donors (Lipinski definition) is 3. The maximum Gasteiger partial charge on any atom is 0.240 e. The van der Waals surface area contributed by atoms with E-state index in [9.17, 15) is 18.6 Å². The largest absolute Gasteiger partial charge is 0.392 e. The predicted molar refractivity (Wildman–Crippen MR) is 172 cm³/mol. The third kappa shape index (κ3) is 7.53. The summed E-state index contributed by atoms with van der Waals surface area (Å²) in [6, 6.07) is 32.2. The second-order valence-electron chi connectivity index (χ2n) is 12.0. The fraction of sp³-hybridized carbons (Fsp3) is 0.333. The summed E-state index contributed by atoms with van der Waals surface area (Å²) in [6.45, 7) is 4.52. The molecular formula is C36H40N2O6S. The molecule has 2 saturated heterocycles. The number of sulfonamides is 1. The van der Waals surface area contributed by atoms with E-state index in [1.807, 2.05) is 72.8 Å². The Morgan fingerprint density at radius 1 is 0.844 bits per heavy atom. The van der Waals surface area contributed by atoms with Gasteiger partial charge in [-0.05, 0) is 52.4 Å². The van der Waals surface area contributed by atoms with E-state index < -0.39 is 16.3 Å². The van der Waals surface area contributed by atoms with Crippen LogP contribution in [0.3, 0.4) is 0 Å². The molecule has 0 radical (unpaired) electrons. The summed E-state index contributed by atoms with van der Waals surface area (Å²) < 4.78 is 41.3. The van der Waals surface area contributed by atoms with Gasteiger partial charge >= 0.3 is 0 Å². The summed E-state index contributed by atoms with van der Waals surface area (Å²) in [4.78, 5) is 2.50. The first-order chi connectivity index (χ1) is 21.8. The van der Waals surface area contributed by atoms with E-state index in [0.717, 1.165) is 46.3 Å². The zero-order valence-corrected chi connectivity index (χ0v) is 26.1. The Morgan fingerprint density at radius 2 is 1.58 bits per heavy atom. The Kier molecular flexibility index (Phi) is 9.77. The molecule has 45 heavy (non-hydrogen) atoms. The normalized spacial score (nSPS) is 24.1. The second-order valence-corrected chi connectivity index (χ2v) is 13.8. The minimum Gasteiger partial charge on any atom is -0.392 e. The first-order valence-electron chi connectivity index (χ1n) is 15.4. The summed E-state index contributed by atoms with van der Waals surface area (Å²) >= 11 is 0. The van der Waals surface area contributed by atoms with Crippen LogP contribution in [0.15, 0.2) is 108 Å². The quantitative estimate of drug-likeness (QED) is 0.222. The van der Waals surface area contributed by atoms with Crippen LogP contribution in [0.5, 0.6) is 0 Å². The minimum absolute atomic E-state index is 0.00837. The van der Waals surface area contributed by atoms with Crippen molar-refractivity contribution in [2.75, 3.05) is 19.6 Å². The highest BCUT2D eigenvalue weighted by Gasteiger charge is 2.39. The number of ether oxygens (including phenoxy) is 2. The van der Waals surface area contributed by atoms with Crippen molar-refractivity contribution < 1.29 is 28.1 Å². The molecule has 4 aromatic carbocycles. The average Bonchev–Trinajstić information content (AvgIpc) is 3.49. The lowest BCUT2D eigenvalue weighted by Gasteiger charge is -2.42. The Labute approximate surface area is 265 Å². The van der Waals surface area contributed by atoms with Crippen LogP contribution in [0, 0.1) is 5.92 Å². The molecule has 2 aliphatic heterocycles. The van der Waals surface area contributed by atoms with Crippen LogP contribution in [0.4, 0.5) is 0 Å². The molecule has 0 amide bonds. The zero-order chi connectivity index (χ0) is 31.4. The van der Waals surface area contributed by atoms with E-state index in [4.69, 9.17) is 9.47 Å². The molecule has 6 rings (SSSR count). The number of benzene rings is 4. The number of likely N-dealkylation sites (tertiary alicyclic amines) is 1. The summed E-state index contributed by atoms with van der Waals surface area (Å²) in [5.74, 6) is 0.0697. The molecule has 2 aliphatic rings. The maximum absolute atomic E-state index is 12.7. The summed E-state index contributed by atoms with van der Waals surface area (Å²) in [7, 11) is -3.61. The van der Waals surface area contributed by atoms with Gasteiger partial charge in [0.15, 0.2) is 6.29 Å². The van der Waals surface area contributed by atoms with E-state index in [0.29, 0.717) is 13.1 Å². The van der Waals surface area contributed by atoms with Crippen molar-refractivity contribution in [3.05, 3.63) is 125 Å². The molecule has 5 atom stereocenters. The Bertz CT molecular complexity index is 1660. The first-order valence-corrected chi connectivity index (χ1v) is 16.9. The monoisotopic (exact) mass is 628 g/mol. The van der Waals surface area contributed by atoms with Crippen molar-refractivity contribution >= 4 is 10.0 Å². The van der Waals surface area contributed by atoms with Gasteiger partial charge in [0.05, 0.1) is 29.8 Å². The lowest BCUT2D eigenvalue weighted by atomic mass is 9.90. The number of nitrogens with zero attached hydrogens (tertiary/aromatic N) is 1. The van der Waals surface area contributed by atoms with Crippen LogP contribution < -0.4 is 4.72 Å². The van der Waals surface area contributed by atoms with E-state index >= 15 is 0 Å².